The van der Waals surface area contributed by atoms with Crippen molar-refractivity contribution in [2.24, 2.45) is 0 Å². The number of carbonyl (C=O) groups is 1. The maximum Gasteiger partial charge on any atom is 0.326 e. The van der Waals surface area contributed by atoms with Crippen LogP contribution in [0.4, 0.5) is 11.6 Å². The Morgan fingerprint density at radius 2 is 1.74 bits per heavy atom. The van der Waals surface area contributed by atoms with Crippen LogP contribution in [-0.2, 0) is 24.3 Å². The molecular formula is C30H30Cl2N4O5S. The number of fused-ring (bicyclic) bond motifs is 1. The number of ether oxygens (including phenoxy) is 2. The second-order valence-corrected chi connectivity index (χ2v) is 12.4. The van der Waals surface area contributed by atoms with Crippen molar-refractivity contribution in [3.8, 4) is 11.3 Å². The normalized spacial score (nSPS) is 13.7. The first kappa shape index (κ1) is 30.0. The molecule has 42 heavy (non-hydrogen) atoms. The number of benzene rings is 3. The predicted molar refractivity (Wildman–Crippen MR) is 165 cm³/mol. The first-order chi connectivity index (χ1) is 20.3. The summed E-state index contributed by atoms with van der Waals surface area (Å²) in [5.74, 6) is -0.0694. The van der Waals surface area contributed by atoms with Crippen LogP contribution in [0.15, 0.2) is 71.8 Å². The van der Waals surface area contributed by atoms with Crippen LogP contribution in [0, 0.1) is 0 Å². The molecule has 5 rings (SSSR count). The molecule has 0 amide bonds. The molecule has 9 nitrogen and oxygen atoms in total. The number of anilines is 2. The van der Waals surface area contributed by atoms with Gasteiger partial charge in [0, 0.05) is 40.3 Å². The molecule has 2 heterocycles. The van der Waals surface area contributed by atoms with Gasteiger partial charge in [-0.3, -0.25) is 9.10 Å². The minimum absolute atomic E-state index is 0.138. The van der Waals surface area contributed by atoms with E-state index in [1.54, 1.807) is 18.3 Å². The van der Waals surface area contributed by atoms with E-state index in [4.69, 9.17) is 37.7 Å². The van der Waals surface area contributed by atoms with Crippen LogP contribution in [0.3, 0.4) is 0 Å². The molecule has 0 unspecified atom stereocenters. The van der Waals surface area contributed by atoms with E-state index in [0.717, 1.165) is 21.7 Å². The monoisotopic (exact) mass is 628 g/mol. The summed E-state index contributed by atoms with van der Waals surface area (Å²) in [6, 6.07) is 16.8. The van der Waals surface area contributed by atoms with Gasteiger partial charge in [0.1, 0.15) is 6.54 Å². The lowest BCUT2D eigenvalue weighted by Crippen LogP contribution is -2.37. The van der Waals surface area contributed by atoms with Gasteiger partial charge in [0.15, 0.2) is 0 Å². The number of nitrogens with zero attached hydrogens (tertiary/aromatic N) is 4. The molecule has 12 heteroatoms. The van der Waals surface area contributed by atoms with Gasteiger partial charge in [0.25, 0.3) is 10.0 Å². The van der Waals surface area contributed by atoms with Gasteiger partial charge < -0.3 is 14.4 Å². The van der Waals surface area contributed by atoms with E-state index in [1.165, 1.54) is 18.2 Å². The SMILES string of the molecule is CCCCOC(=O)CN(c1cccc2c(-c3ccnc(N4CCOCC4)n3)cccc12)S(=O)(=O)c1cc(Cl)cc(Cl)c1. The van der Waals surface area contributed by atoms with Gasteiger partial charge in [-0.1, -0.05) is 66.9 Å². The summed E-state index contributed by atoms with van der Waals surface area (Å²) in [6.07, 6.45) is 3.21. The zero-order chi connectivity index (χ0) is 29.7. The lowest BCUT2D eigenvalue weighted by Gasteiger charge is -2.27. The molecule has 1 aliphatic rings. The minimum Gasteiger partial charge on any atom is -0.464 e. The molecule has 0 saturated carbocycles. The molecule has 0 aliphatic carbocycles. The highest BCUT2D eigenvalue weighted by molar-refractivity contribution is 7.93. The average molecular weight is 630 g/mol. The van der Waals surface area contributed by atoms with Gasteiger partial charge in [-0.15, -0.1) is 0 Å². The predicted octanol–water partition coefficient (Wildman–Crippen LogP) is 5.98. The molecular weight excluding hydrogens is 599 g/mol. The molecule has 1 aliphatic heterocycles. The Balaban J connectivity index is 1.61. The highest BCUT2D eigenvalue weighted by Crippen LogP contribution is 2.37. The van der Waals surface area contributed by atoms with Gasteiger partial charge in [0.05, 0.1) is 36.1 Å². The lowest BCUT2D eigenvalue weighted by atomic mass is 10.0. The number of hydrogen-bond acceptors (Lipinski definition) is 8. The first-order valence-corrected chi connectivity index (χ1v) is 15.8. The third-order valence-electron chi connectivity index (χ3n) is 6.84. The average Bonchev–Trinajstić information content (AvgIpc) is 2.99. The summed E-state index contributed by atoms with van der Waals surface area (Å²) in [5, 5.41) is 1.68. The van der Waals surface area contributed by atoms with Crippen LogP contribution < -0.4 is 9.21 Å². The van der Waals surface area contributed by atoms with Crippen molar-refractivity contribution in [3.05, 3.63) is 76.9 Å². The Bertz CT molecular complexity index is 1680. The number of aromatic nitrogens is 2. The fraction of sp³-hybridized carbons (Fsp3) is 0.300. The van der Waals surface area contributed by atoms with Crippen molar-refractivity contribution in [2.45, 2.75) is 24.7 Å². The van der Waals surface area contributed by atoms with Gasteiger partial charge in [0.2, 0.25) is 5.95 Å². The fourth-order valence-corrected chi connectivity index (χ4v) is 6.90. The van der Waals surface area contributed by atoms with Crippen molar-refractivity contribution >= 4 is 61.6 Å². The van der Waals surface area contributed by atoms with Crippen LogP contribution in [0.1, 0.15) is 19.8 Å². The Morgan fingerprint density at radius 1 is 1.02 bits per heavy atom. The zero-order valence-corrected chi connectivity index (χ0v) is 25.3. The number of carbonyl (C=O) groups excluding carboxylic acids is 1. The van der Waals surface area contributed by atoms with E-state index in [2.05, 4.69) is 9.88 Å². The zero-order valence-electron chi connectivity index (χ0n) is 23.0. The Hall–Kier alpha value is -3.44. The van der Waals surface area contributed by atoms with Crippen LogP contribution in [-0.4, -0.2) is 63.8 Å². The van der Waals surface area contributed by atoms with Crippen molar-refractivity contribution in [3.63, 3.8) is 0 Å². The standard InChI is InChI=1S/C30H30Cl2N4O5S/c1-2-3-14-41-29(37)20-36(42(38,39)23-18-21(31)17-22(32)19-23)28-9-5-6-24-25(7-4-8-26(24)28)27-10-11-33-30(34-27)35-12-15-40-16-13-35/h4-11,17-19H,2-3,12-16,20H2,1H3. The van der Waals surface area contributed by atoms with Crippen molar-refractivity contribution < 1.29 is 22.7 Å². The molecule has 0 spiro atoms. The Morgan fingerprint density at radius 3 is 2.48 bits per heavy atom. The number of sulfonamides is 1. The van der Waals surface area contributed by atoms with Crippen LogP contribution in [0.25, 0.3) is 22.0 Å². The third kappa shape index (κ3) is 6.62. The van der Waals surface area contributed by atoms with E-state index < -0.39 is 22.5 Å². The second-order valence-electron chi connectivity index (χ2n) is 9.71. The molecule has 0 atom stereocenters. The topological polar surface area (TPSA) is 102 Å². The summed E-state index contributed by atoms with van der Waals surface area (Å²) in [7, 11) is -4.30. The molecule has 4 aromatic rings. The Labute approximate surface area is 255 Å². The van der Waals surface area contributed by atoms with Gasteiger partial charge in [-0.2, -0.15) is 0 Å². The van der Waals surface area contributed by atoms with E-state index >= 15 is 0 Å². The van der Waals surface area contributed by atoms with Crippen LogP contribution in [0.2, 0.25) is 10.0 Å². The maximum absolute atomic E-state index is 14.1. The molecule has 0 N–H and O–H groups in total. The summed E-state index contributed by atoms with van der Waals surface area (Å²) >= 11 is 12.3. The molecule has 3 aromatic carbocycles. The molecule has 1 saturated heterocycles. The highest BCUT2D eigenvalue weighted by atomic mass is 35.5. The number of halogens is 2. The quantitative estimate of drug-likeness (QED) is 0.156. The smallest absolute Gasteiger partial charge is 0.326 e. The number of rotatable bonds is 10. The van der Waals surface area contributed by atoms with Crippen LogP contribution >= 0.6 is 23.2 Å². The van der Waals surface area contributed by atoms with E-state index in [-0.39, 0.29) is 21.5 Å². The van der Waals surface area contributed by atoms with Gasteiger partial charge >= 0.3 is 5.97 Å². The molecule has 220 valence electrons. The minimum atomic E-state index is -4.30. The number of unbranched alkanes of at least 4 members (excludes halogenated alkanes) is 1. The fourth-order valence-electron chi connectivity index (χ4n) is 4.75. The highest BCUT2D eigenvalue weighted by Gasteiger charge is 2.30. The molecule has 1 aromatic heterocycles. The first-order valence-electron chi connectivity index (χ1n) is 13.6. The third-order valence-corrected chi connectivity index (χ3v) is 9.01. The molecule has 1 fully saturated rings. The lowest BCUT2D eigenvalue weighted by molar-refractivity contribution is -0.141. The summed E-state index contributed by atoms with van der Waals surface area (Å²) in [5.41, 5.74) is 1.78. The maximum atomic E-state index is 14.1. The van der Waals surface area contributed by atoms with E-state index in [1.807, 2.05) is 37.3 Å². The molecule has 0 radical (unpaired) electrons. The van der Waals surface area contributed by atoms with E-state index in [0.29, 0.717) is 55.4 Å². The number of morpholine rings is 1. The summed E-state index contributed by atoms with van der Waals surface area (Å²) in [4.78, 5) is 24.1. The van der Waals surface area contributed by atoms with Crippen molar-refractivity contribution in [1.29, 1.82) is 0 Å². The second kappa shape index (κ2) is 13.2. The van der Waals surface area contributed by atoms with Crippen LogP contribution in [0.5, 0.6) is 0 Å². The van der Waals surface area contributed by atoms with E-state index in [9.17, 15) is 13.2 Å². The largest absolute Gasteiger partial charge is 0.464 e. The van der Waals surface area contributed by atoms with Crippen molar-refractivity contribution in [1.82, 2.24) is 9.97 Å². The molecule has 0 bridgehead atoms. The number of hydrogen-bond donors (Lipinski definition) is 0. The number of esters is 1. The Kier molecular flexibility index (Phi) is 9.47. The van der Waals surface area contributed by atoms with Gasteiger partial charge in [-0.25, -0.2) is 18.4 Å². The van der Waals surface area contributed by atoms with Crippen molar-refractivity contribution in [2.75, 3.05) is 48.7 Å². The summed E-state index contributed by atoms with van der Waals surface area (Å²) in [6.45, 7) is 4.24. The van der Waals surface area contributed by atoms with Gasteiger partial charge in [-0.05, 0) is 42.1 Å². The summed E-state index contributed by atoms with van der Waals surface area (Å²) < 4.78 is 40.0.